The molecule has 0 aliphatic carbocycles. The van der Waals surface area contributed by atoms with Gasteiger partial charge in [-0.25, -0.2) is 4.79 Å². The summed E-state index contributed by atoms with van der Waals surface area (Å²) in [4.78, 5) is 24.2. The minimum Gasteiger partial charge on any atom is -0.481 e. The Hall–Kier alpha value is -2.82. The van der Waals surface area contributed by atoms with Crippen LogP contribution in [0.2, 0.25) is 0 Å². The number of amides is 1. The van der Waals surface area contributed by atoms with E-state index in [0.29, 0.717) is 23.8 Å². The quantitative estimate of drug-likeness (QED) is 0.719. The van der Waals surface area contributed by atoms with Crippen molar-refractivity contribution >= 4 is 17.6 Å². The summed E-state index contributed by atoms with van der Waals surface area (Å²) in [6.07, 6.45) is -0.658. The summed E-state index contributed by atoms with van der Waals surface area (Å²) in [5.41, 5.74) is 3.19. The van der Waals surface area contributed by atoms with Gasteiger partial charge in [-0.15, -0.1) is 0 Å². The van der Waals surface area contributed by atoms with Crippen molar-refractivity contribution in [2.75, 3.05) is 11.9 Å². The highest BCUT2D eigenvalue weighted by Gasteiger charge is 2.18. The average molecular weight is 369 g/mol. The van der Waals surface area contributed by atoms with E-state index in [1.54, 1.807) is 38.1 Å². The van der Waals surface area contributed by atoms with E-state index in [1.807, 2.05) is 25.1 Å². The van der Waals surface area contributed by atoms with Gasteiger partial charge in [0.25, 0.3) is 5.91 Å². The fraction of sp³-hybridized carbons (Fsp3) is 0.364. The molecule has 1 amide bonds. The van der Waals surface area contributed by atoms with Crippen molar-refractivity contribution < 1.29 is 19.1 Å². The van der Waals surface area contributed by atoms with Gasteiger partial charge in [-0.3, -0.25) is 4.79 Å². The lowest BCUT2D eigenvalue weighted by molar-refractivity contribution is -0.122. The second-order valence-electron chi connectivity index (χ2n) is 6.74. The number of ether oxygens (including phenoxy) is 2. The number of carbonyl (C=O) groups excluding carboxylic acids is 2. The van der Waals surface area contributed by atoms with Gasteiger partial charge in [0.1, 0.15) is 5.75 Å². The molecule has 0 saturated heterocycles. The molecule has 144 valence electrons. The summed E-state index contributed by atoms with van der Waals surface area (Å²) in [7, 11) is 0. The van der Waals surface area contributed by atoms with Crippen molar-refractivity contribution in [3.05, 3.63) is 59.2 Å². The van der Waals surface area contributed by atoms with E-state index in [9.17, 15) is 9.59 Å². The lowest BCUT2D eigenvalue weighted by atomic mass is 10.0. The number of benzene rings is 2. The van der Waals surface area contributed by atoms with E-state index in [4.69, 9.17) is 9.47 Å². The second-order valence-corrected chi connectivity index (χ2v) is 6.74. The number of aryl methyl sites for hydroxylation is 1. The first-order chi connectivity index (χ1) is 12.8. The number of esters is 1. The number of anilines is 1. The first-order valence-corrected chi connectivity index (χ1v) is 9.17. The molecule has 0 aliphatic heterocycles. The zero-order chi connectivity index (χ0) is 20.0. The third-order valence-corrected chi connectivity index (χ3v) is 4.13. The fourth-order valence-corrected chi connectivity index (χ4v) is 2.61. The molecule has 1 atom stereocenters. The Labute approximate surface area is 160 Å². The Morgan fingerprint density at radius 3 is 2.30 bits per heavy atom. The van der Waals surface area contributed by atoms with Gasteiger partial charge < -0.3 is 14.8 Å². The van der Waals surface area contributed by atoms with E-state index in [1.165, 1.54) is 0 Å². The molecule has 2 aromatic rings. The maximum atomic E-state index is 12.5. The molecule has 5 heteroatoms. The monoisotopic (exact) mass is 369 g/mol. The Morgan fingerprint density at radius 2 is 1.70 bits per heavy atom. The van der Waals surface area contributed by atoms with E-state index in [2.05, 4.69) is 19.2 Å². The second kappa shape index (κ2) is 9.21. The lowest BCUT2D eigenvalue weighted by Crippen LogP contribution is -2.30. The highest BCUT2D eigenvalue weighted by molar-refractivity contribution is 5.95. The summed E-state index contributed by atoms with van der Waals surface area (Å²) in [6.45, 7) is 9.97. The van der Waals surface area contributed by atoms with Gasteiger partial charge in [-0.2, -0.15) is 0 Å². The SMILES string of the molecule is CCOC(=O)c1ccc(NC(=O)[C@@H](C)Oc2cc(C)ccc2C(C)C)cc1. The zero-order valence-corrected chi connectivity index (χ0v) is 16.5. The van der Waals surface area contributed by atoms with E-state index in [0.717, 1.165) is 16.9 Å². The summed E-state index contributed by atoms with van der Waals surface area (Å²) >= 11 is 0. The van der Waals surface area contributed by atoms with Gasteiger partial charge in [0.05, 0.1) is 12.2 Å². The maximum absolute atomic E-state index is 12.5. The summed E-state index contributed by atoms with van der Waals surface area (Å²) in [6, 6.07) is 12.6. The molecular weight excluding hydrogens is 342 g/mol. The highest BCUT2D eigenvalue weighted by atomic mass is 16.5. The molecule has 0 radical (unpaired) electrons. The number of hydrogen-bond acceptors (Lipinski definition) is 4. The molecular formula is C22H27NO4. The van der Waals surface area contributed by atoms with Gasteiger partial charge in [0.15, 0.2) is 6.10 Å². The van der Waals surface area contributed by atoms with Gasteiger partial charge in [0.2, 0.25) is 0 Å². The molecule has 27 heavy (non-hydrogen) atoms. The Balaban J connectivity index is 2.04. The summed E-state index contributed by atoms with van der Waals surface area (Å²) in [5.74, 6) is 0.388. The standard InChI is InChI=1S/C22H27NO4/c1-6-26-22(25)17-8-10-18(11-9-17)23-21(24)16(5)27-20-13-15(4)7-12-19(20)14(2)3/h7-14,16H,6H2,1-5H3,(H,23,24)/t16-/m1/s1. The van der Waals surface area contributed by atoms with Crippen LogP contribution in [0.4, 0.5) is 5.69 Å². The van der Waals surface area contributed by atoms with Gasteiger partial charge in [0, 0.05) is 5.69 Å². The largest absolute Gasteiger partial charge is 0.481 e. The molecule has 5 nitrogen and oxygen atoms in total. The van der Waals surface area contributed by atoms with Crippen molar-refractivity contribution in [2.45, 2.75) is 46.6 Å². The summed E-state index contributed by atoms with van der Waals surface area (Å²) < 4.78 is 10.9. The molecule has 0 bridgehead atoms. The third-order valence-electron chi connectivity index (χ3n) is 4.13. The number of nitrogens with one attached hydrogen (secondary N) is 1. The molecule has 0 unspecified atom stereocenters. The Bertz CT molecular complexity index is 796. The van der Waals surface area contributed by atoms with Crippen LogP contribution in [0, 0.1) is 6.92 Å². The van der Waals surface area contributed by atoms with Crippen LogP contribution in [-0.2, 0) is 9.53 Å². The molecule has 0 heterocycles. The predicted molar refractivity (Wildman–Crippen MR) is 106 cm³/mol. The van der Waals surface area contributed by atoms with Crippen molar-refractivity contribution in [3.63, 3.8) is 0 Å². The predicted octanol–water partition coefficient (Wildman–Crippen LogP) is 4.70. The van der Waals surface area contributed by atoms with Crippen LogP contribution in [0.3, 0.4) is 0 Å². The third kappa shape index (κ3) is 5.58. The Kier molecular flexibility index (Phi) is 6.99. The molecule has 1 N–H and O–H groups in total. The van der Waals surface area contributed by atoms with Crippen LogP contribution >= 0.6 is 0 Å². The molecule has 0 fully saturated rings. The van der Waals surface area contributed by atoms with Gasteiger partial charge >= 0.3 is 5.97 Å². The molecule has 0 spiro atoms. The fourth-order valence-electron chi connectivity index (χ4n) is 2.61. The van der Waals surface area contributed by atoms with Crippen molar-refractivity contribution in [1.29, 1.82) is 0 Å². The van der Waals surface area contributed by atoms with Crippen molar-refractivity contribution in [1.82, 2.24) is 0 Å². The van der Waals surface area contributed by atoms with Crippen molar-refractivity contribution in [2.24, 2.45) is 0 Å². The first kappa shape index (κ1) is 20.5. The van der Waals surface area contributed by atoms with E-state index >= 15 is 0 Å². The van der Waals surface area contributed by atoms with E-state index in [-0.39, 0.29) is 11.9 Å². The van der Waals surface area contributed by atoms with E-state index < -0.39 is 6.10 Å². The van der Waals surface area contributed by atoms with Crippen LogP contribution in [0.1, 0.15) is 55.1 Å². The average Bonchev–Trinajstić information content (AvgIpc) is 2.62. The van der Waals surface area contributed by atoms with Crippen LogP contribution in [0.25, 0.3) is 0 Å². The minimum absolute atomic E-state index is 0.255. The topological polar surface area (TPSA) is 64.6 Å². The molecule has 0 aromatic heterocycles. The number of hydrogen-bond donors (Lipinski definition) is 1. The number of carbonyl (C=O) groups is 2. The lowest BCUT2D eigenvalue weighted by Gasteiger charge is -2.19. The summed E-state index contributed by atoms with van der Waals surface area (Å²) in [5, 5.41) is 2.81. The maximum Gasteiger partial charge on any atom is 0.338 e. The van der Waals surface area contributed by atoms with Crippen molar-refractivity contribution in [3.8, 4) is 5.75 Å². The Morgan fingerprint density at radius 1 is 1.04 bits per heavy atom. The molecule has 2 rings (SSSR count). The van der Waals surface area contributed by atoms with Crippen LogP contribution in [0.15, 0.2) is 42.5 Å². The van der Waals surface area contributed by atoms with Gasteiger partial charge in [-0.05, 0) is 68.1 Å². The molecule has 2 aromatic carbocycles. The van der Waals surface area contributed by atoms with Gasteiger partial charge in [-0.1, -0.05) is 26.0 Å². The molecule has 0 saturated carbocycles. The first-order valence-electron chi connectivity index (χ1n) is 9.17. The van der Waals surface area contributed by atoms with Crippen LogP contribution in [0.5, 0.6) is 5.75 Å². The molecule has 0 aliphatic rings. The highest BCUT2D eigenvalue weighted by Crippen LogP contribution is 2.28. The smallest absolute Gasteiger partial charge is 0.338 e. The normalized spacial score (nSPS) is 11.8. The van der Waals surface area contributed by atoms with Crippen LogP contribution < -0.4 is 10.1 Å². The zero-order valence-electron chi connectivity index (χ0n) is 16.5. The number of rotatable bonds is 7. The minimum atomic E-state index is -0.658. The van der Waals surface area contributed by atoms with Crippen LogP contribution in [-0.4, -0.2) is 24.6 Å².